The smallest absolute Gasteiger partial charge is 0.151 e. The number of hydrogen-bond acceptors (Lipinski definition) is 2. The van der Waals surface area contributed by atoms with Crippen molar-refractivity contribution < 1.29 is 4.74 Å². The summed E-state index contributed by atoms with van der Waals surface area (Å²) >= 11 is 7.00. The van der Waals surface area contributed by atoms with E-state index in [0.29, 0.717) is 0 Å². The van der Waals surface area contributed by atoms with Crippen LogP contribution < -0.4 is 4.74 Å². The average molecular weight is 382 g/mol. The summed E-state index contributed by atoms with van der Waals surface area (Å²) in [5, 5.41) is 0. The Kier molecular flexibility index (Phi) is 3.33. The third-order valence-electron chi connectivity index (χ3n) is 2.86. The first-order valence-corrected chi connectivity index (χ1v) is 7.24. The molecule has 0 bridgehead atoms. The van der Waals surface area contributed by atoms with E-state index in [-0.39, 0.29) is 0 Å². The number of aromatic nitrogens is 2. The molecule has 0 amide bonds. The Morgan fingerprint density at radius 1 is 1.11 bits per heavy atom. The molecule has 3 aromatic rings. The van der Waals surface area contributed by atoms with Crippen molar-refractivity contribution in [1.29, 1.82) is 0 Å². The summed E-state index contributed by atoms with van der Waals surface area (Å²) in [5.74, 6) is 0.844. The van der Waals surface area contributed by atoms with E-state index in [0.717, 1.165) is 31.6 Å². The van der Waals surface area contributed by atoms with E-state index in [4.69, 9.17) is 4.74 Å². The van der Waals surface area contributed by atoms with Gasteiger partial charge in [0.1, 0.15) is 5.75 Å². The van der Waals surface area contributed by atoms with Crippen molar-refractivity contribution in [1.82, 2.24) is 9.38 Å². The number of hydrogen-bond donors (Lipinski definition) is 0. The molecule has 5 heteroatoms. The van der Waals surface area contributed by atoms with Crippen LogP contribution in [-0.4, -0.2) is 16.5 Å². The van der Waals surface area contributed by atoms with E-state index >= 15 is 0 Å². The SMILES string of the molecule is COc1ccc(-c2cn3cc(Br)cc(Br)c3n2)cc1. The highest BCUT2D eigenvalue weighted by Gasteiger charge is 2.08. The van der Waals surface area contributed by atoms with Gasteiger partial charge in [-0.15, -0.1) is 0 Å². The fourth-order valence-corrected chi connectivity index (χ4v) is 3.22. The monoisotopic (exact) mass is 380 g/mol. The topological polar surface area (TPSA) is 26.5 Å². The highest BCUT2D eigenvalue weighted by molar-refractivity contribution is 9.11. The van der Waals surface area contributed by atoms with Gasteiger partial charge in [0.25, 0.3) is 0 Å². The van der Waals surface area contributed by atoms with E-state index in [9.17, 15) is 0 Å². The Bertz CT molecular complexity index is 735. The van der Waals surface area contributed by atoms with Gasteiger partial charge in [0, 0.05) is 22.4 Å². The molecular weight excluding hydrogens is 372 g/mol. The van der Waals surface area contributed by atoms with Crippen LogP contribution in [0.25, 0.3) is 16.9 Å². The van der Waals surface area contributed by atoms with E-state index in [2.05, 4.69) is 36.8 Å². The lowest BCUT2D eigenvalue weighted by Gasteiger charge is -1.99. The van der Waals surface area contributed by atoms with Crippen LogP contribution in [0.5, 0.6) is 5.75 Å². The largest absolute Gasteiger partial charge is 0.497 e. The lowest BCUT2D eigenvalue weighted by atomic mass is 10.2. The zero-order valence-corrected chi connectivity index (χ0v) is 13.3. The van der Waals surface area contributed by atoms with E-state index in [1.54, 1.807) is 7.11 Å². The molecule has 1 aromatic carbocycles. The highest BCUT2D eigenvalue weighted by atomic mass is 79.9. The number of benzene rings is 1. The minimum atomic E-state index is 0.844. The predicted octanol–water partition coefficient (Wildman–Crippen LogP) is 4.53. The van der Waals surface area contributed by atoms with Crippen LogP contribution >= 0.6 is 31.9 Å². The summed E-state index contributed by atoms with van der Waals surface area (Å²) in [5.41, 5.74) is 2.89. The fourth-order valence-electron chi connectivity index (χ4n) is 1.93. The van der Waals surface area contributed by atoms with Gasteiger partial charge in [0.15, 0.2) is 5.65 Å². The predicted molar refractivity (Wildman–Crippen MR) is 82.6 cm³/mol. The van der Waals surface area contributed by atoms with Crippen LogP contribution in [0, 0.1) is 0 Å². The second kappa shape index (κ2) is 4.98. The fraction of sp³-hybridized carbons (Fsp3) is 0.0714. The molecule has 2 aromatic heterocycles. The van der Waals surface area contributed by atoms with Gasteiger partial charge in [0.05, 0.1) is 17.3 Å². The number of imidazole rings is 1. The number of methoxy groups -OCH3 is 1. The molecule has 3 rings (SSSR count). The van der Waals surface area contributed by atoms with Crippen LogP contribution in [0.4, 0.5) is 0 Å². The first-order chi connectivity index (χ1) is 9.17. The zero-order chi connectivity index (χ0) is 13.4. The summed E-state index contributed by atoms with van der Waals surface area (Å²) in [6.45, 7) is 0. The Hall–Kier alpha value is -1.33. The van der Waals surface area contributed by atoms with Gasteiger partial charge in [-0.3, -0.25) is 0 Å². The molecule has 0 spiro atoms. The first-order valence-electron chi connectivity index (χ1n) is 5.65. The van der Waals surface area contributed by atoms with Crippen molar-refractivity contribution in [2.75, 3.05) is 7.11 Å². The summed E-state index contributed by atoms with van der Waals surface area (Å²) < 4.78 is 9.12. The van der Waals surface area contributed by atoms with Crippen LogP contribution in [0.3, 0.4) is 0 Å². The van der Waals surface area contributed by atoms with Gasteiger partial charge >= 0.3 is 0 Å². The molecule has 0 aliphatic carbocycles. The minimum absolute atomic E-state index is 0.844. The number of nitrogens with zero attached hydrogens (tertiary/aromatic N) is 2. The van der Waals surface area contributed by atoms with Gasteiger partial charge in [0.2, 0.25) is 0 Å². The molecule has 0 unspecified atom stereocenters. The Labute approximate surface area is 127 Å². The zero-order valence-electron chi connectivity index (χ0n) is 10.1. The number of fused-ring (bicyclic) bond motifs is 1. The summed E-state index contributed by atoms with van der Waals surface area (Å²) in [6, 6.07) is 9.86. The molecule has 2 heterocycles. The number of ether oxygens (including phenoxy) is 1. The standard InChI is InChI=1S/C14H10Br2N2O/c1-19-11-4-2-9(3-5-11)13-8-18-7-10(15)6-12(16)14(18)17-13/h2-8H,1H3. The van der Waals surface area contributed by atoms with Crippen LogP contribution in [0.15, 0.2) is 51.7 Å². The number of pyridine rings is 1. The van der Waals surface area contributed by atoms with Gasteiger partial charge in [-0.25, -0.2) is 4.98 Å². The molecular formula is C14H10Br2N2O. The maximum absolute atomic E-state index is 5.16. The maximum atomic E-state index is 5.16. The van der Waals surface area contributed by atoms with Crippen LogP contribution in [0.2, 0.25) is 0 Å². The molecule has 96 valence electrons. The normalized spacial score (nSPS) is 10.9. The van der Waals surface area contributed by atoms with Gasteiger partial charge < -0.3 is 9.14 Å². The van der Waals surface area contributed by atoms with E-state index in [1.165, 1.54) is 0 Å². The summed E-state index contributed by atoms with van der Waals surface area (Å²) in [6.07, 6.45) is 3.99. The molecule has 0 fully saturated rings. The molecule has 0 N–H and O–H groups in total. The maximum Gasteiger partial charge on any atom is 0.151 e. The Morgan fingerprint density at radius 3 is 2.53 bits per heavy atom. The molecule has 0 atom stereocenters. The van der Waals surface area contributed by atoms with Crippen molar-refractivity contribution in [3.8, 4) is 17.0 Å². The second-order valence-electron chi connectivity index (χ2n) is 4.09. The van der Waals surface area contributed by atoms with Gasteiger partial charge in [-0.2, -0.15) is 0 Å². The van der Waals surface area contributed by atoms with Gasteiger partial charge in [-0.1, -0.05) is 0 Å². The third kappa shape index (κ3) is 2.40. The molecule has 0 saturated carbocycles. The third-order valence-corrected chi connectivity index (χ3v) is 3.88. The van der Waals surface area contributed by atoms with Crippen LogP contribution in [-0.2, 0) is 0 Å². The highest BCUT2D eigenvalue weighted by Crippen LogP contribution is 2.27. The van der Waals surface area contributed by atoms with Crippen molar-refractivity contribution in [3.05, 3.63) is 51.7 Å². The minimum Gasteiger partial charge on any atom is -0.497 e. The first kappa shape index (κ1) is 12.7. The quantitative estimate of drug-likeness (QED) is 0.651. The molecule has 3 nitrogen and oxygen atoms in total. The Morgan fingerprint density at radius 2 is 1.84 bits per heavy atom. The average Bonchev–Trinajstić information content (AvgIpc) is 2.83. The number of rotatable bonds is 2. The van der Waals surface area contributed by atoms with E-state index < -0.39 is 0 Å². The van der Waals surface area contributed by atoms with Crippen molar-refractivity contribution in [3.63, 3.8) is 0 Å². The summed E-state index contributed by atoms with van der Waals surface area (Å²) in [4.78, 5) is 4.63. The molecule has 0 aliphatic heterocycles. The van der Waals surface area contributed by atoms with Gasteiger partial charge in [-0.05, 0) is 62.2 Å². The molecule has 19 heavy (non-hydrogen) atoms. The molecule has 0 aliphatic rings. The lowest BCUT2D eigenvalue weighted by Crippen LogP contribution is -1.83. The van der Waals surface area contributed by atoms with Crippen molar-refractivity contribution in [2.45, 2.75) is 0 Å². The van der Waals surface area contributed by atoms with E-state index in [1.807, 2.05) is 47.1 Å². The van der Waals surface area contributed by atoms with Crippen molar-refractivity contribution >= 4 is 37.5 Å². The molecule has 0 saturated heterocycles. The number of halogens is 2. The second-order valence-corrected chi connectivity index (χ2v) is 5.86. The summed E-state index contributed by atoms with van der Waals surface area (Å²) in [7, 11) is 1.66. The lowest BCUT2D eigenvalue weighted by molar-refractivity contribution is 0.415. The van der Waals surface area contributed by atoms with Crippen molar-refractivity contribution in [2.24, 2.45) is 0 Å². The molecule has 0 radical (unpaired) electrons. The Balaban J connectivity index is 2.12. The van der Waals surface area contributed by atoms with Crippen LogP contribution in [0.1, 0.15) is 0 Å².